The minimum Gasteiger partial charge on any atom is -0.497 e. The lowest BCUT2D eigenvalue weighted by molar-refractivity contribution is -0.139. The Morgan fingerprint density at radius 2 is 1.75 bits per heavy atom. The van der Waals surface area contributed by atoms with E-state index in [0.717, 1.165) is 53.5 Å². The number of benzene rings is 3. The van der Waals surface area contributed by atoms with Crippen molar-refractivity contribution >= 4 is 34.2 Å². The lowest BCUT2D eigenvalue weighted by Crippen LogP contribution is -2.52. The summed E-state index contributed by atoms with van der Waals surface area (Å²) in [4.78, 5) is 43.3. The Hall–Kier alpha value is -3.87. The van der Waals surface area contributed by atoms with Crippen molar-refractivity contribution < 1.29 is 19.1 Å². The van der Waals surface area contributed by atoms with E-state index in [1.807, 2.05) is 54.6 Å². The number of nitrogens with one attached hydrogen (secondary N) is 1. The molecule has 1 heterocycles. The Bertz CT molecular complexity index is 1290. The van der Waals surface area contributed by atoms with E-state index in [1.165, 1.54) is 4.90 Å². The standard InChI is InChI=1S/C29H31N3O4/c1-19(28(34)30-22-9-3-4-10-22)31(17-20-13-15-23(36-2)16-14-20)26(33)18-32-25-12-6-8-21-7-5-11-24(27(21)25)29(32)35/h5-8,11-16,19,22H,3-4,9-10,17-18H2,1-2H3,(H,30,34)/t19-/m1/s1. The molecule has 3 aromatic carbocycles. The van der Waals surface area contributed by atoms with Gasteiger partial charge in [-0.1, -0.05) is 49.2 Å². The lowest BCUT2D eigenvalue weighted by Gasteiger charge is -2.31. The van der Waals surface area contributed by atoms with Crippen LogP contribution in [0.2, 0.25) is 0 Å². The number of carbonyl (C=O) groups is 3. The molecule has 36 heavy (non-hydrogen) atoms. The lowest BCUT2D eigenvalue weighted by atomic mass is 10.1. The zero-order valence-electron chi connectivity index (χ0n) is 20.7. The average molecular weight is 486 g/mol. The summed E-state index contributed by atoms with van der Waals surface area (Å²) in [7, 11) is 1.60. The minimum absolute atomic E-state index is 0.135. The molecule has 1 atom stereocenters. The Balaban J connectivity index is 1.40. The number of methoxy groups -OCH3 is 1. The van der Waals surface area contributed by atoms with Crippen LogP contribution < -0.4 is 15.0 Å². The van der Waals surface area contributed by atoms with E-state index in [1.54, 1.807) is 25.0 Å². The van der Waals surface area contributed by atoms with Crippen molar-refractivity contribution in [1.82, 2.24) is 10.2 Å². The predicted octanol–water partition coefficient (Wildman–Crippen LogP) is 4.28. The Kier molecular flexibility index (Phi) is 6.63. The molecule has 7 heteroatoms. The SMILES string of the molecule is COc1ccc(CN(C(=O)CN2C(=O)c3cccc4cccc2c34)[C@H](C)C(=O)NC2CCCC2)cc1. The molecule has 0 saturated heterocycles. The van der Waals surface area contributed by atoms with Crippen LogP contribution in [0.4, 0.5) is 5.69 Å². The Morgan fingerprint density at radius 1 is 1.06 bits per heavy atom. The van der Waals surface area contributed by atoms with Gasteiger partial charge in [-0.15, -0.1) is 0 Å². The van der Waals surface area contributed by atoms with Crippen LogP contribution in [-0.2, 0) is 16.1 Å². The quantitative estimate of drug-likeness (QED) is 0.517. The third-order valence-electron chi connectivity index (χ3n) is 7.32. The molecule has 0 radical (unpaired) electrons. The number of nitrogens with zero attached hydrogens (tertiary/aromatic N) is 2. The van der Waals surface area contributed by atoms with Crippen molar-refractivity contribution in [2.45, 2.75) is 51.2 Å². The van der Waals surface area contributed by atoms with Crippen LogP contribution >= 0.6 is 0 Å². The van der Waals surface area contributed by atoms with Crippen molar-refractivity contribution in [3.8, 4) is 5.75 Å². The molecule has 1 fully saturated rings. The molecule has 1 saturated carbocycles. The smallest absolute Gasteiger partial charge is 0.259 e. The molecule has 0 aromatic heterocycles. The maximum Gasteiger partial charge on any atom is 0.259 e. The Morgan fingerprint density at radius 3 is 2.44 bits per heavy atom. The summed E-state index contributed by atoms with van der Waals surface area (Å²) in [5.41, 5.74) is 2.21. The zero-order chi connectivity index (χ0) is 25.2. The van der Waals surface area contributed by atoms with E-state index >= 15 is 0 Å². The van der Waals surface area contributed by atoms with Gasteiger partial charge >= 0.3 is 0 Å². The molecule has 1 N–H and O–H groups in total. The number of ether oxygens (including phenoxy) is 1. The summed E-state index contributed by atoms with van der Waals surface area (Å²) in [5, 5.41) is 4.95. The number of carbonyl (C=O) groups excluding carboxylic acids is 3. The van der Waals surface area contributed by atoms with Crippen LogP contribution in [0, 0.1) is 0 Å². The van der Waals surface area contributed by atoms with E-state index in [-0.39, 0.29) is 36.9 Å². The molecule has 0 bridgehead atoms. The van der Waals surface area contributed by atoms with Gasteiger partial charge in [0, 0.05) is 23.5 Å². The number of amides is 3. The van der Waals surface area contributed by atoms with Gasteiger partial charge in [-0.2, -0.15) is 0 Å². The van der Waals surface area contributed by atoms with Gasteiger partial charge in [-0.3, -0.25) is 19.3 Å². The first-order valence-electron chi connectivity index (χ1n) is 12.5. The predicted molar refractivity (Wildman–Crippen MR) is 139 cm³/mol. The summed E-state index contributed by atoms with van der Waals surface area (Å²) in [6.07, 6.45) is 4.15. The fraction of sp³-hybridized carbons (Fsp3) is 0.345. The highest BCUT2D eigenvalue weighted by atomic mass is 16.5. The molecule has 3 aromatic rings. The van der Waals surface area contributed by atoms with Crippen molar-refractivity contribution in [3.63, 3.8) is 0 Å². The summed E-state index contributed by atoms with van der Waals surface area (Å²) in [6.45, 7) is 1.87. The maximum absolute atomic E-state index is 13.8. The number of hydrogen-bond acceptors (Lipinski definition) is 4. The first-order chi connectivity index (χ1) is 17.5. The van der Waals surface area contributed by atoms with Crippen LogP contribution in [0.25, 0.3) is 10.8 Å². The third-order valence-corrected chi connectivity index (χ3v) is 7.32. The van der Waals surface area contributed by atoms with Gasteiger partial charge < -0.3 is 15.0 Å². The van der Waals surface area contributed by atoms with Gasteiger partial charge in [0.2, 0.25) is 11.8 Å². The summed E-state index contributed by atoms with van der Waals surface area (Å²) >= 11 is 0. The van der Waals surface area contributed by atoms with Crippen molar-refractivity contribution in [1.29, 1.82) is 0 Å². The monoisotopic (exact) mass is 485 g/mol. The second-order valence-corrected chi connectivity index (χ2v) is 9.61. The highest BCUT2D eigenvalue weighted by molar-refractivity contribution is 6.26. The highest BCUT2D eigenvalue weighted by Crippen LogP contribution is 2.37. The number of hydrogen-bond donors (Lipinski definition) is 1. The third kappa shape index (κ3) is 4.53. The maximum atomic E-state index is 13.8. The molecule has 0 spiro atoms. The molecular weight excluding hydrogens is 454 g/mol. The van der Waals surface area contributed by atoms with Gasteiger partial charge in [0.25, 0.3) is 5.91 Å². The molecule has 1 aliphatic heterocycles. The molecule has 186 valence electrons. The topological polar surface area (TPSA) is 79.0 Å². The van der Waals surface area contributed by atoms with Gasteiger partial charge in [-0.05, 0) is 55.0 Å². The van der Waals surface area contributed by atoms with Crippen LogP contribution in [-0.4, -0.2) is 48.4 Å². The van der Waals surface area contributed by atoms with Crippen LogP contribution in [0.15, 0.2) is 60.7 Å². The van der Waals surface area contributed by atoms with Crippen molar-refractivity contribution in [2.24, 2.45) is 0 Å². The van der Waals surface area contributed by atoms with E-state index < -0.39 is 6.04 Å². The second kappa shape index (κ2) is 10.0. The van der Waals surface area contributed by atoms with Gasteiger partial charge in [0.05, 0.1) is 12.8 Å². The van der Waals surface area contributed by atoms with Crippen molar-refractivity contribution in [3.05, 3.63) is 71.8 Å². The van der Waals surface area contributed by atoms with Crippen LogP contribution in [0.3, 0.4) is 0 Å². The molecule has 0 unspecified atom stereocenters. The molecular formula is C29H31N3O4. The first kappa shape index (κ1) is 23.9. The van der Waals surface area contributed by atoms with E-state index in [2.05, 4.69) is 5.32 Å². The summed E-state index contributed by atoms with van der Waals surface area (Å²) in [6, 6.07) is 18.3. The highest BCUT2D eigenvalue weighted by Gasteiger charge is 2.34. The number of rotatable bonds is 8. The van der Waals surface area contributed by atoms with Crippen LogP contribution in [0.1, 0.15) is 48.5 Å². The molecule has 5 rings (SSSR count). The second-order valence-electron chi connectivity index (χ2n) is 9.61. The molecule has 1 aliphatic carbocycles. The molecule has 2 aliphatic rings. The van der Waals surface area contributed by atoms with E-state index in [0.29, 0.717) is 5.56 Å². The van der Waals surface area contributed by atoms with E-state index in [4.69, 9.17) is 4.74 Å². The summed E-state index contributed by atoms with van der Waals surface area (Å²) in [5.74, 6) is 0.0831. The van der Waals surface area contributed by atoms with Gasteiger partial charge in [0.1, 0.15) is 18.3 Å². The Labute approximate surface area is 211 Å². The normalized spacial score (nSPS) is 15.8. The van der Waals surface area contributed by atoms with Gasteiger partial charge in [-0.25, -0.2) is 0 Å². The first-order valence-corrected chi connectivity index (χ1v) is 12.5. The number of anilines is 1. The van der Waals surface area contributed by atoms with Crippen LogP contribution in [0.5, 0.6) is 5.75 Å². The zero-order valence-corrected chi connectivity index (χ0v) is 20.7. The van der Waals surface area contributed by atoms with Gasteiger partial charge in [0.15, 0.2) is 0 Å². The molecule has 3 amide bonds. The van der Waals surface area contributed by atoms with E-state index in [9.17, 15) is 14.4 Å². The average Bonchev–Trinajstić information content (AvgIpc) is 3.51. The fourth-order valence-electron chi connectivity index (χ4n) is 5.26. The molecule has 7 nitrogen and oxygen atoms in total. The summed E-state index contributed by atoms with van der Waals surface area (Å²) < 4.78 is 5.25. The fourth-order valence-corrected chi connectivity index (χ4v) is 5.26. The largest absolute Gasteiger partial charge is 0.497 e. The van der Waals surface area contributed by atoms with Crippen molar-refractivity contribution in [2.75, 3.05) is 18.6 Å². The minimum atomic E-state index is -0.684.